The number of rotatable bonds is 4. The molecule has 0 amide bonds. The summed E-state index contributed by atoms with van der Waals surface area (Å²) >= 11 is 0. The van der Waals surface area contributed by atoms with Gasteiger partial charge in [-0.05, 0) is 74.5 Å². The zero-order valence-corrected chi connectivity index (χ0v) is 16.3. The first-order valence-electron chi connectivity index (χ1n) is 9.73. The number of benzene rings is 1. The Bertz CT molecular complexity index is 931. The molecular weight excluding hydrogens is 334 g/mol. The van der Waals surface area contributed by atoms with Crippen molar-refractivity contribution in [2.24, 2.45) is 0 Å². The third kappa shape index (κ3) is 3.52. The number of fused-ring (bicyclic) bond motifs is 1. The van der Waals surface area contributed by atoms with Crippen molar-refractivity contribution in [3.05, 3.63) is 48.5 Å². The van der Waals surface area contributed by atoms with Crippen LogP contribution in [-0.4, -0.2) is 41.1 Å². The van der Waals surface area contributed by atoms with E-state index in [4.69, 9.17) is 0 Å². The molecule has 2 heterocycles. The molecule has 0 unspecified atom stereocenters. The summed E-state index contributed by atoms with van der Waals surface area (Å²) in [5.74, 6) is 1.03. The van der Waals surface area contributed by atoms with E-state index < -0.39 is 0 Å². The SMILES string of the molecule is CNC1CCC(N(C)c2ncnc3ccc(-c4ccncc4C)cc23)CC1. The summed E-state index contributed by atoms with van der Waals surface area (Å²) < 4.78 is 0. The molecule has 5 nitrogen and oxygen atoms in total. The highest BCUT2D eigenvalue weighted by atomic mass is 15.2. The zero-order valence-electron chi connectivity index (χ0n) is 16.3. The van der Waals surface area contributed by atoms with E-state index in [9.17, 15) is 0 Å². The second-order valence-corrected chi connectivity index (χ2v) is 7.52. The van der Waals surface area contributed by atoms with Gasteiger partial charge in [0.25, 0.3) is 0 Å². The number of hydrogen-bond donors (Lipinski definition) is 1. The molecule has 0 atom stereocenters. The number of nitrogens with one attached hydrogen (secondary N) is 1. The molecule has 1 fully saturated rings. The van der Waals surface area contributed by atoms with E-state index in [0.717, 1.165) is 16.7 Å². The van der Waals surface area contributed by atoms with Crippen LogP contribution in [0.5, 0.6) is 0 Å². The van der Waals surface area contributed by atoms with Gasteiger partial charge in [0.2, 0.25) is 0 Å². The van der Waals surface area contributed by atoms with Gasteiger partial charge in [0.15, 0.2) is 0 Å². The van der Waals surface area contributed by atoms with E-state index in [1.165, 1.54) is 42.4 Å². The molecule has 27 heavy (non-hydrogen) atoms. The highest BCUT2D eigenvalue weighted by molar-refractivity contribution is 5.93. The van der Waals surface area contributed by atoms with Crippen molar-refractivity contribution in [3.8, 4) is 11.1 Å². The van der Waals surface area contributed by atoms with E-state index >= 15 is 0 Å². The molecule has 0 bridgehead atoms. The molecule has 0 saturated heterocycles. The quantitative estimate of drug-likeness (QED) is 0.762. The monoisotopic (exact) mass is 361 g/mol. The molecule has 1 aliphatic rings. The van der Waals surface area contributed by atoms with Gasteiger partial charge in [0.05, 0.1) is 5.52 Å². The van der Waals surface area contributed by atoms with Gasteiger partial charge in [-0.2, -0.15) is 0 Å². The average molecular weight is 361 g/mol. The van der Waals surface area contributed by atoms with Crippen molar-refractivity contribution in [2.75, 3.05) is 19.0 Å². The Morgan fingerprint density at radius 3 is 2.63 bits per heavy atom. The van der Waals surface area contributed by atoms with Crippen molar-refractivity contribution in [2.45, 2.75) is 44.7 Å². The third-order valence-electron chi connectivity index (χ3n) is 5.93. The Morgan fingerprint density at radius 1 is 1.07 bits per heavy atom. The summed E-state index contributed by atoms with van der Waals surface area (Å²) in [4.78, 5) is 15.7. The fraction of sp³-hybridized carbons (Fsp3) is 0.409. The molecule has 1 saturated carbocycles. The summed E-state index contributed by atoms with van der Waals surface area (Å²) in [6.07, 6.45) is 10.3. The molecule has 1 aromatic carbocycles. The third-order valence-corrected chi connectivity index (χ3v) is 5.93. The molecule has 0 radical (unpaired) electrons. The smallest absolute Gasteiger partial charge is 0.139 e. The van der Waals surface area contributed by atoms with Crippen LogP contribution in [0.25, 0.3) is 22.0 Å². The van der Waals surface area contributed by atoms with Gasteiger partial charge in [-0.25, -0.2) is 9.97 Å². The maximum absolute atomic E-state index is 4.67. The summed E-state index contributed by atoms with van der Waals surface area (Å²) in [6, 6.07) is 9.71. The largest absolute Gasteiger partial charge is 0.356 e. The van der Waals surface area contributed by atoms with Crippen LogP contribution < -0.4 is 10.2 Å². The van der Waals surface area contributed by atoms with Crippen LogP contribution in [0.4, 0.5) is 5.82 Å². The van der Waals surface area contributed by atoms with Gasteiger partial charge < -0.3 is 10.2 Å². The van der Waals surface area contributed by atoms with Gasteiger partial charge in [-0.15, -0.1) is 0 Å². The Morgan fingerprint density at radius 2 is 1.89 bits per heavy atom. The fourth-order valence-corrected chi connectivity index (χ4v) is 4.21. The van der Waals surface area contributed by atoms with Gasteiger partial charge in [-0.3, -0.25) is 4.98 Å². The first-order valence-corrected chi connectivity index (χ1v) is 9.73. The Labute approximate surface area is 160 Å². The van der Waals surface area contributed by atoms with Crippen LogP contribution in [-0.2, 0) is 0 Å². The van der Waals surface area contributed by atoms with E-state index in [1.807, 2.05) is 12.4 Å². The fourth-order valence-electron chi connectivity index (χ4n) is 4.21. The Hall–Kier alpha value is -2.53. The molecule has 2 aromatic heterocycles. The van der Waals surface area contributed by atoms with Gasteiger partial charge in [-0.1, -0.05) is 6.07 Å². The normalized spacial score (nSPS) is 20.0. The average Bonchev–Trinajstić information content (AvgIpc) is 2.73. The molecule has 5 heteroatoms. The molecule has 4 rings (SSSR count). The number of aromatic nitrogens is 3. The summed E-state index contributed by atoms with van der Waals surface area (Å²) in [7, 11) is 4.24. The number of pyridine rings is 1. The van der Waals surface area contributed by atoms with E-state index in [-0.39, 0.29) is 0 Å². The van der Waals surface area contributed by atoms with Crippen LogP contribution >= 0.6 is 0 Å². The first-order chi connectivity index (χ1) is 13.2. The first kappa shape index (κ1) is 17.9. The molecule has 1 aliphatic carbocycles. The van der Waals surface area contributed by atoms with Crippen LogP contribution in [0.15, 0.2) is 43.0 Å². The van der Waals surface area contributed by atoms with E-state index in [1.54, 1.807) is 6.33 Å². The van der Waals surface area contributed by atoms with Gasteiger partial charge in [0.1, 0.15) is 12.1 Å². The Balaban J connectivity index is 1.71. The van der Waals surface area contributed by atoms with Crippen LogP contribution in [0, 0.1) is 6.92 Å². The number of aryl methyl sites for hydroxylation is 1. The van der Waals surface area contributed by atoms with Crippen molar-refractivity contribution < 1.29 is 0 Å². The molecule has 1 N–H and O–H groups in total. The lowest BCUT2D eigenvalue weighted by atomic mass is 9.90. The molecule has 0 spiro atoms. The molecule has 3 aromatic rings. The second kappa shape index (κ2) is 7.61. The van der Waals surface area contributed by atoms with Crippen molar-refractivity contribution >= 4 is 16.7 Å². The van der Waals surface area contributed by atoms with Crippen molar-refractivity contribution in [3.63, 3.8) is 0 Å². The minimum Gasteiger partial charge on any atom is -0.356 e. The predicted octanol–water partition coefficient (Wildman–Crippen LogP) is 3.97. The lowest BCUT2D eigenvalue weighted by Crippen LogP contribution is -2.40. The second-order valence-electron chi connectivity index (χ2n) is 7.52. The summed E-state index contributed by atoms with van der Waals surface area (Å²) in [5.41, 5.74) is 4.56. The highest BCUT2D eigenvalue weighted by Gasteiger charge is 2.25. The van der Waals surface area contributed by atoms with Crippen molar-refractivity contribution in [1.29, 1.82) is 0 Å². The lowest BCUT2D eigenvalue weighted by Gasteiger charge is -2.35. The topological polar surface area (TPSA) is 53.9 Å². The predicted molar refractivity (Wildman–Crippen MR) is 111 cm³/mol. The van der Waals surface area contributed by atoms with Crippen LogP contribution in [0.3, 0.4) is 0 Å². The van der Waals surface area contributed by atoms with Crippen LogP contribution in [0.2, 0.25) is 0 Å². The molecule has 140 valence electrons. The number of nitrogens with zero attached hydrogens (tertiary/aromatic N) is 4. The lowest BCUT2D eigenvalue weighted by molar-refractivity contribution is 0.351. The standard InChI is InChI=1S/C22H27N5/c1-15-13-24-11-10-19(15)16-4-9-21-20(12-16)22(26-14-25-21)27(3)18-7-5-17(23-2)6-8-18/h4,9-14,17-18,23H,5-8H2,1-3H3. The number of hydrogen-bond acceptors (Lipinski definition) is 5. The summed E-state index contributed by atoms with van der Waals surface area (Å²) in [6.45, 7) is 2.10. The van der Waals surface area contributed by atoms with E-state index in [2.05, 4.69) is 70.5 Å². The van der Waals surface area contributed by atoms with Gasteiger partial charge >= 0.3 is 0 Å². The van der Waals surface area contributed by atoms with E-state index in [0.29, 0.717) is 12.1 Å². The molecular formula is C22H27N5. The minimum absolute atomic E-state index is 0.527. The highest BCUT2D eigenvalue weighted by Crippen LogP contribution is 2.32. The maximum atomic E-state index is 4.67. The zero-order chi connectivity index (χ0) is 18.8. The summed E-state index contributed by atoms with van der Waals surface area (Å²) in [5, 5.41) is 4.53. The maximum Gasteiger partial charge on any atom is 0.139 e. The molecule has 0 aliphatic heterocycles. The minimum atomic E-state index is 0.527. The van der Waals surface area contributed by atoms with Crippen molar-refractivity contribution in [1.82, 2.24) is 20.3 Å². The number of anilines is 1. The van der Waals surface area contributed by atoms with Gasteiger partial charge in [0, 0.05) is 36.9 Å². The Kier molecular flexibility index (Phi) is 5.03. The van der Waals surface area contributed by atoms with Crippen LogP contribution in [0.1, 0.15) is 31.2 Å².